The second-order valence-electron chi connectivity index (χ2n) is 5.91. The molecule has 1 heterocycles. The number of rotatable bonds is 6. The highest BCUT2D eigenvalue weighted by atomic mass is 16.6. The molecule has 0 aliphatic rings. The number of hydrogen-bond donors (Lipinski definition) is 1. The summed E-state index contributed by atoms with van der Waals surface area (Å²) in [6.45, 7) is 7.33. The third-order valence-corrected chi connectivity index (χ3v) is 3.54. The van der Waals surface area contributed by atoms with Crippen LogP contribution in [0.5, 0.6) is 0 Å². The zero-order valence-corrected chi connectivity index (χ0v) is 15.0. The first-order valence-electron chi connectivity index (χ1n) is 8.07. The quantitative estimate of drug-likeness (QED) is 0.481. The van der Waals surface area contributed by atoms with E-state index >= 15 is 0 Å². The third-order valence-electron chi connectivity index (χ3n) is 3.54. The second-order valence-corrected chi connectivity index (χ2v) is 5.91. The fraction of sp³-hybridized carbons (Fsp3) is 0.353. The fourth-order valence-corrected chi connectivity index (χ4v) is 2.24. The van der Waals surface area contributed by atoms with Gasteiger partial charge < -0.3 is 10.1 Å². The molecule has 0 aliphatic heterocycles. The molecular formula is C17H20N4O5. The monoisotopic (exact) mass is 360 g/mol. The van der Waals surface area contributed by atoms with Crippen LogP contribution in [0, 0.1) is 17.0 Å². The van der Waals surface area contributed by atoms with Crippen LogP contribution in [-0.4, -0.2) is 32.7 Å². The Labute approximate surface area is 150 Å². The Morgan fingerprint density at radius 1 is 1.38 bits per heavy atom. The number of carbonyl (C=O) groups excluding carboxylic acids is 2. The highest BCUT2D eigenvalue weighted by molar-refractivity contribution is 6.07. The number of hydrogen-bond acceptors (Lipinski definition) is 6. The topological polar surface area (TPSA) is 116 Å². The zero-order valence-electron chi connectivity index (χ0n) is 15.0. The molecular weight excluding hydrogens is 340 g/mol. The largest absolute Gasteiger partial charge is 0.458 e. The molecule has 0 atom stereocenters. The van der Waals surface area contributed by atoms with E-state index in [2.05, 4.69) is 10.4 Å². The molecule has 138 valence electrons. The predicted molar refractivity (Wildman–Crippen MR) is 94.2 cm³/mol. The Balaban J connectivity index is 2.31. The Kier molecular flexibility index (Phi) is 5.71. The number of nitro groups is 1. The normalized spacial score (nSPS) is 10.7. The number of nitro benzene ring substituents is 1. The lowest BCUT2D eigenvalue weighted by atomic mass is 10.1. The third kappa shape index (κ3) is 4.24. The van der Waals surface area contributed by atoms with E-state index < -0.39 is 16.8 Å². The minimum absolute atomic E-state index is 0.0180. The number of nitrogens with zero attached hydrogens (tertiary/aromatic N) is 3. The van der Waals surface area contributed by atoms with E-state index in [1.165, 1.54) is 29.1 Å². The van der Waals surface area contributed by atoms with Crippen molar-refractivity contribution in [3.05, 3.63) is 51.3 Å². The van der Waals surface area contributed by atoms with Gasteiger partial charge in [0.05, 0.1) is 16.7 Å². The highest BCUT2D eigenvalue weighted by Crippen LogP contribution is 2.21. The van der Waals surface area contributed by atoms with Crippen LogP contribution in [0.3, 0.4) is 0 Å². The fourth-order valence-electron chi connectivity index (χ4n) is 2.24. The molecule has 0 bridgehead atoms. The Morgan fingerprint density at radius 2 is 2.08 bits per heavy atom. The van der Waals surface area contributed by atoms with Crippen molar-refractivity contribution in [1.29, 1.82) is 0 Å². The maximum atomic E-state index is 12.5. The van der Waals surface area contributed by atoms with Crippen molar-refractivity contribution < 1.29 is 19.2 Å². The maximum absolute atomic E-state index is 12.5. The molecule has 0 spiro atoms. The van der Waals surface area contributed by atoms with Crippen LogP contribution >= 0.6 is 0 Å². The van der Waals surface area contributed by atoms with Gasteiger partial charge in [-0.15, -0.1) is 0 Å². The van der Waals surface area contributed by atoms with Gasteiger partial charge in [0.25, 0.3) is 11.6 Å². The molecule has 9 nitrogen and oxygen atoms in total. The lowest BCUT2D eigenvalue weighted by Gasteiger charge is -2.08. The maximum Gasteiger partial charge on any atom is 0.361 e. The SMILES string of the molecule is CCn1cc(NC(=O)c2ccc(C)c([N+](=O)[O-])c2)c(C(=O)OC(C)C)n1. The smallest absolute Gasteiger partial charge is 0.361 e. The second kappa shape index (κ2) is 7.77. The molecule has 0 saturated heterocycles. The summed E-state index contributed by atoms with van der Waals surface area (Å²) in [5.41, 5.74) is 0.573. The lowest BCUT2D eigenvalue weighted by Crippen LogP contribution is -2.17. The molecule has 0 unspecified atom stereocenters. The van der Waals surface area contributed by atoms with Gasteiger partial charge in [0.2, 0.25) is 0 Å². The minimum Gasteiger partial charge on any atom is -0.458 e. The number of carbonyl (C=O) groups is 2. The molecule has 0 fully saturated rings. The van der Waals surface area contributed by atoms with Crippen molar-refractivity contribution in [1.82, 2.24) is 9.78 Å². The summed E-state index contributed by atoms with van der Waals surface area (Å²) >= 11 is 0. The van der Waals surface area contributed by atoms with Crippen molar-refractivity contribution in [2.24, 2.45) is 0 Å². The predicted octanol–water partition coefficient (Wildman–Crippen LogP) is 2.94. The van der Waals surface area contributed by atoms with Crippen LogP contribution in [0.15, 0.2) is 24.4 Å². The van der Waals surface area contributed by atoms with Gasteiger partial charge in [0.1, 0.15) is 0 Å². The van der Waals surface area contributed by atoms with Gasteiger partial charge in [-0.3, -0.25) is 19.6 Å². The standard InChI is InChI=1S/C17H20N4O5/c1-5-20-9-13(15(19-20)17(23)26-10(2)3)18-16(22)12-7-6-11(4)14(8-12)21(24)25/h6-10H,5H2,1-4H3,(H,18,22). The lowest BCUT2D eigenvalue weighted by molar-refractivity contribution is -0.385. The number of anilines is 1. The summed E-state index contributed by atoms with van der Waals surface area (Å²) in [6, 6.07) is 4.17. The van der Waals surface area contributed by atoms with Crippen molar-refractivity contribution in [2.75, 3.05) is 5.32 Å². The van der Waals surface area contributed by atoms with Crippen molar-refractivity contribution in [2.45, 2.75) is 40.3 Å². The minimum atomic E-state index is -0.655. The van der Waals surface area contributed by atoms with Gasteiger partial charge in [-0.2, -0.15) is 5.10 Å². The Bertz CT molecular complexity index is 857. The summed E-state index contributed by atoms with van der Waals surface area (Å²) in [6.07, 6.45) is 1.18. The molecule has 1 aromatic heterocycles. The van der Waals surface area contributed by atoms with E-state index in [0.29, 0.717) is 12.1 Å². The number of esters is 1. The number of aryl methyl sites for hydroxylation is 2. The van der Waals surface area contributed by atoms with Crippen LogP contribution in [0.4, 0.5) is 11.4 Å². The van der Waals surface area contributed by atoms with Gasteiger partial charge in [-0.25, -0.2) is 4.79 Å². The summed E-state index contributed by atoms with van der Waals surface area (Å²) in [7, 11) is 0. The number of amides is 1. The van der Waals surface area contributed by atoms with Crippen molar-refractivity contribution >= 4 is 23.3 Å². The first-order valence-corrected chi connectivity index (χ1v) is 8.07. The molecule has 2 aromatic rings. The molecule has 9 heteroatoms. The summed E-state index contributed by atoms with van der Waals surface area (Å²) in [5, 5.41) is 17.7. The van der Waals surface area contributed by atoms with Crippen LogP contribution in [-0.2, 0) is 11.3 Å². The van der Waals surface area contributed by atoms with Crippen LogP contribution in [0.2, 0.25) is 0 Å². The van der Waals surface area contributed by atoms with Gasteiger partial charge in [0, 0.05) is 29.9 Å². The van der Waals surface area contributed by atoms with E-state index in [-0.39, 0.29) is 28.7 Å². The molecule has 0 aliphatic carbocycles. The van der Waals surface area contributed by atoms with E-state index in [4.69, 9.17) is 4.74 Å². The molecule has 0 saturated carbocycles. The molecule has 2 rings (SSSR count). The van der Waals surface area contributed by atoms with E-state index in [1.54, 1.807) is 20.8 Å². The Hall–Kier alpha value is -3.23. The van der Waals surface area contributed by atoms with Crippen LogP contribution in [0.25, 0.3) is 0 Å². The molecule has 1 aromatic carbocycles. The van der Waals surface area contributed by atoms with E-state index in [9.17, 15) is 19.7 Å². The first kappa shape index (κ1) is 19.1. The zero-order chi connectivity index (χ0) is 19.4. The van der Waals surface area contributed by atoms with Gasteiger partial charge >= 0.3 is 5.97 Å². The summed E-state index contributed by atoms with van der Waals surface area (Å²) in [5.74, 6) is -1.24. The Morgan fingerprint density at radius 3 is 2.65 bits per heavy atom. The number of aromatic nitrogens is 2. The molecule has 0 radical (unpaired) electrons. The van der Waals surface area contributed by atoms with Crippen molar-refractivity contribution in [3.8, 4) is 0 Å². The number of nitrogens with one attached hydrogen (secondary N) is 1. The molecule has 26 heavy (non-hydrogen) atoms. The average Bonchev–Trinajstić information content (AvgIpc) is 2.97. The van der Waals surface area contributed by atoms with Crippen LogP contribution < -0.4 is 5.32 Å². The molecule has 1 N–H and O–H groups in total. The van der Waals surface area contributed by atoms with Gasteiger partial charge in [0.15, 0.2) is 5.69 Å². The average molecular weight is 360 g/mol. The van der Waals surface area contributed by atoms with Crippen molar-refractivity contribution in [3.63, 3.8) is 0 Å². The number of benzene rings is 1. The first-order chi connectivity index (χ1) is 12.2. The highest BCUT2D eigenvalue weighted by Gasteiger charge is 2.22. The number of ether oxygens (including phenoxy) is 1. The van der Waals surface area contributed by atoms with E-state index in [1.807, 2.05) is 6.92 Å². The van der Waals surface area contributed by atoms with Crippen LogP contribution in [0.1, 0.15) is 47.2 Å². The summed E-state index contributed by atoms with van der Waals surface area (Å²) < 4.78 is 6.62. The summed E-state index contributed by atoms with van der Waals surface area (Å²) in [4.78, 5) is 35.1. The van der Waals surface area contributed by atoms with Gasteiger partial charge in [-0.1, -0.05) is 6.07 Å². The van der Waals surface area contributed by atoms with Gasteiger partial charge in [-0.05, 0) is 33.8 Å². The molecule has 1 amide bonds. The van der Waals surface area contributed by atoms with E-state index in [0.717, 1.165) is 0 Å².